The van der Waals surface area contributed by atoms with Gasteiger partial charge in [0.25, 0.3) is 0 Å². The maximum absolute atomic E-state index is 13.0. The maximum atomic E-state index is 13.0. The van der Waals surface area contributed by atoms with E-state index in [2.05, 4.69) is 4.98 Å². The zero-order chi connectivity index (χ0) is 10.0. The molecule has 0 radical (unpaired) electrons. The van der Waals surface area contributed by atoms with Gasteiger partial charge in [0, 0.05) is 17.8 Å². The van der Waals surface area contributed by atoms with Crippen LogP contribution in [0.1, 0.15) is 11.7 Å². The summed E-state index contributed by atoms with van der Waals surface area (Å²) in [6.45, 7) is 0. The molecule has 13 heavy (non-hydrogen) atoms. The smallest absolute Gasteiger partial charge is 0.337 e. The van der Waals surface area contributed by atoms with Crippen LogP contribution in [0.3, 0.4) is 0 Å². The number of carbonyl (C=O) groups is 1. The molecule has 0 saturated carbocycles. The predicted molar refractivity (Wildman–Crippen MR) is 49.5 cm³/mol. The summed E-state index contributed by atoms with van der Waals surface area (Å²) in [7, 11) is 0. The number of hydrogen-bond acceptors (Lipinski definition) is 3. The van der Waals surface area contributed by atoms with Gasteiger partial charge in [-0.05, 0) is 22.6 Å². The molecule has 0 aliphatic carbocycles. The van der Waals surface area contributed by atoms with E-state index in [1.165, 1.54) is 0 Å². The van der Waals surface area contributed by atoms with Gasteiger partial charge in [-0.1, -0.05) is 0 Å². The minimum Gasteiger partial charge on any atom is -0.479 e. The van der Waals surface area contributed by atoms with Crippen LogP contribution in [0.25, 0.3) is 0 Å². The molecule has 1 heterocycles. The summed E-state index contributed by atoms with van der Waals surface area (Å²) in [5, 5.41) is 17.4. The average molecular weight is 297 g/mol. The molecule has 70 valence electrons. The summed E-state index contributed by atoms with van der Waals surface area (Å²) in [6, 6.07) is 1.06. The lowest BCUT2D eigenvalue weighted by Crippen LogP contribution is -2.12. The Hall–Kier alpha value is -0.760. The van der Waals surface area contributed by atoms with Crippen molar-refractivity contribution < 1.29 is 19.4 Å². The molecular formula is C7H5FINO3. The normalized spacial score (nSPS) is 12.5. The van der Waals surface area contributed by atoms with Crippen LogP contribution in [0.4, 0.5) is 4.39 Å². The van der Waals surface area contributed by atoms with Gasteiger partial charge in [-0.3, -0.25) is 0 Å². The molecule has 4 nitrogen and oxygen atoms in total. The Morgan fingerprint density at radius 3 is 2.77 bits per heavy atom. The van der Waals surface area contributed by atoms with Gasteiger partial charge in [-0.2, -0.15) is 0 Å². The Morgan fingerprint density at radius 1 is 1.69 bits per heavy atom. The molecule has 1 aromatic rings. The van der Waals surface area contributed by atoms with Crippen LogP contribution in [0, 0.1) is 9.52 Å². The van der Waals surface area contributed by atoms with Crippen LogP contribution in [-0.2, 0) is 4.79 Å². The number of aliphatic hydroxyl groups is 1. The summed E-state index contributed by atoms with van der Waals surface area (Å²) in [6.07, 6.45) is -0.847. The third kappa shape index (κ3) is 2.34. The van der Waals surface area contributed by atoms with E-state index >= 15 is 0 Å². The first-order valence-corrected chi connectivity index (χ1v) is 4.32. The zero-order valence-electron chi connectivity index (χ0n) is 6.24. The van der Waals surface area contributed by atoms with Crippen molar-refractivity contribution in [2.45, 2.75) is 6.10 Å². The first-order chi connectivity index (χ1) is 6.02. The van der Waals surface area contributed by atoms with Crippen molar-refractivity contribution in [3.05, 3.63) is 27.3 Å². The lowest BCUT2D eigenvalue weighted by Gasteiger charge is -2.05. The molecule has 0 spiro atoms. The van der Waals surface area contributed by atoms with Gasteiger partial charge in [-0.15, -0.1) is 0 Å². The van der Waals surface area contributed by atoms with Crippen molar-refractivity contribution in [1.82, 2.24) is 4.98 Å². The molecule has 1 aromatic heterocycles. The topological polar surface area (TPSA) is 70.4 Å². The van der Waals surface area contributed by atoms with Crippen LogP contribution < -0.4 is 0 Å². The molecule has 1 rings (SSSR count). The lowest BCUT2D eigenvalue weighted by molar-refractivity contribution is -0.147. The number of carboxylic acids is 1. The SMILES string of the molecule is O=C(O)C(O)c1cnc(I)cc1F. The second-order valence-corrected chi connectivity index (χ2v) is 3.37. The van der Waals surface area contributed by atoms with Crippen LogP contribution >= 0.6 is 22.6 Å². The van der Waals surface area contributed by atoms with E-state index in [9.17, 15) is 9.18 Å². The average Bonchev–Trinajstić information content (AvgIpc) is 2.03. The number of aliphatic hydroxyl groups excluding tert-OH is 1. The summed E-state index contributed by atoms with van der Waals surface area (Å²) in [5.41, 5.74) is -0.326. The van der Waals surface area contributed by atoms with Gasteiger partial charge in [0.1, 0.15) is 9.52 Å². The molecule has 0 aliphatic heterocycles. The van der Waals surface area contributed by atoms with Gasteiger partial charge in [0.05, 0.1) is 0 Å². The second kappa shape index (κ2) is 3.97. The lowest BCUT2D eigenvalue weighted by atomic mass is 10.1. The molecule has 0 aromatic carbocycles. The minimum atomic E-state index is -1.86. The Kier molecular flexibility index (Phi) is 3.15. The van der Waals surface area contributed by atoms with Gasteiger partial charge in [0.15, 0.2) is 6.10 Å². The second-order valence-electron chi connectivity index (χ2n) is 2.27. The van der Waals surface area contributed by atoms with Crippen LogP contribution in [-0.4, -0.2) is 21.2 Å². The Bertz CT molecular complexity index is 345. The number of hydrogen-bond donors (Lipinski definition) is 2. The van der Waals surface area contributed by atoms with Gasteiger partial charge in [-0.25, -0.2) is 14.2 Å². The molecule has 0 aliphatic rings. The fraction of sp³-hybridized carbons (Fsp3) is 0.143. The number of halogens is 2. The standard InChI is InChI=1S/C7H5FINO3/c8-4-1-5(9)10-2-3(4)6(11)7(12)13/h1-2,6,11H,(H,12,13). The van der Waals surface area contributed by atoms with Crippen LogP contribution in [0.2, 0.25) is 0 Å². The van der Waals surface area contributed by atoms with Crippen molar-refractivity contribution in [3.63, 3.8) is 0 Å². The monoisotopic (exact) mass is 297 g/mol. The molecule has 0 amide bonds. The fourth-order valence-electron chi connectivity index (χ4n) is 0.752. The van der Waals surface area contributed by atoms with Gasteiger partial charge < -0.3 is 10.2 Å². The molecule has 6 heteroatoms. The van der Waals surface area contributed by atoms with E-state index in [1.807, 2.05) is 0 Å². The van der Waals surface area contributed by atoms with E-state index in [0.717, 1.165) is 12.3 Å². The maximum Gasteiger partial charge on any atom is 0.337 e. The Morgan fingerprint density at radius 2 is 2.31 bits per heavy atom. The molecule has 0 saturated heterocycles. The number of pyridine rings is 1. The van der Waals surface area contributed by atoms with Gasteiger partial charge >= 0.3 is 5.97 Å². The van der Waals surface area contributed by atoms with E-state index < -0.39 is 17.9 Å². The molecule has 0 fully saturated rings. The van der Waals surface area contributed by atoms with Crippen molar-refractivity contribution in [3.8, 4) is 0 Å². The number of nitrogens with zero attached hydrogens (tertiary/aromatic N) is 1. The molecule has 1 unspecified atom stereocenters. The summed E-state index contributed by atoms with van der Waals surface area (Å²) in [5.74, 6) is -2.27. The Labute approximate surface area is 86.6 Å². The number of carboxylic acid groups (broad SMARTS) is 1. The molecule has 2 N–H and O–H groups in total. The Balaban J connectivity index is 3.08. The number of aliphatic carboxylic acids is 1. The molecule has 1 atom stereocenters. The van der Waals surface area contributed by atoms with Gasteiger partial charge in [0.2, 0.25) is 0 Å². The van der Waals surface area contributed by atoms with Crippen molar-refractivity contribution in [2.75, 3.05) is 0 Å². The summed E-state index contributed by atoms with van der Waals surface area (Å²) in [4.78, 5) is 14.0. The summed E-state index contributed by atoms with van der Waals surface area (Å²) >= 11 is 1.78. The highest BCUT2D eigenvalue weighted by Gasteiger charge is 2.20. The quantitative estimate of drug-likeness (QED) is 0.629. The zero-order valence-corrected chi connectivity index (χ0v) is 8.40. The van der Waals surface area contributed by atoms with E-state index in [0.29, 0.717) is 3.70 Å². The molecular weight excluding hydrogens is 292 g/mol. The van der Waals surface area contributed by atoms with E-state index in [-0.39, 0.29) is 5.56 Å². The van der Waals surface area contributed by atoms with Crippen molar-refractivity contribution in [2.24, 2.45) is 0 Å². The highest BCUT2D eigenvalue weighted by molar-refractivity contribution is 14.1. The number of rotatable bonds is 2. The third-order valence-corrected chi connectivity index (χ3v) is 1.97. The summed E-state index contributed by atoms with van der Waals surface area (Å²) < 4.78 is 13.4. The van der Waals surface area contributed by atoms with E-state index in [1.54, 1.807) is 22.6 Å². The van der Waals surface area contributed by atoms with Crippen molar-refractivity contribution >= 4 is 28.6 Å². The minimum absolute atomic E-state index is 0.326. The van der Waals surface area contributed by atoms with E-state index in [4.69, 9.17) is 10.2 Å². The number of aromatic nitrogens is 1. The molecule has 0 bridgehead atoms. The largest absolute Gasteiger partial charge is 0.479 e. The first kappa shape index (κ1) is 10.3. The first-order valence-electron chi connectivity index (χ1n) is 3.24. The fourth-order valence-corrected chi connectivity index (χ4v) is 1.16. The van der Waals surface area contributed by atoms with Crippen LogP contribution in [0.15, 0.2) is 12.3 Å². The third-order valence-electron chi connectivity index (χ3n) is 1.38. The highest BCUT2D eigenvalue weighted by atomic mass is 127. The van der Waals surface area contributed by atoms with Crippen molar-refractivity contribution in [1.29, 1.82) is 0 Å². The van der Waals surface area contributed by atoms with Crippen LogP contribution in [0.5, 0.6) is 0 Å². The predicted octanol–water partition coefficient (Wildman–Crippen LogP) is 0.943. The highest BCUT2D eigenvalue weighted by Crippen LogP contribution is 2.17.